The van der Waals surface area contributed by atoms with E-state index in [1.54, 1.807) is 0 Å². The molecule has 4 N–H and O–H groups in total. The molecule has 2 aromatic rings. The van der Waals surface area contributed by atoms with Crippen LogP contribution in [0.25, 0.3) is 10.9 Å². The van der Waals surface area contributed by atoms with Gasteiger partial charge >= 0.3 is 0 Å². The SMILES string of the molecule is NC(=O)C[C@@H]1CN[C@@H]2Cc3c[nH]c4cccc(c34)C2C1. The Kier molecular flexibility index (Phi) is 2.60. The van der Waals surface area contributed by atoms with Gasteiger partial charge in [0.1, 0.15) is 0 Å². The van der Waals surface area contributed by atoms with Crippen LogP contribution < -0.4 is 11.1 Å². The Morgan fingerprint density at radius 2 is 2.30 bits per heavy atom. The number of aromatic nitrogens is 1. The minimum Gasteiger partial charge on any atom is -0.370 e. The maximum atomic E-state index is 11.2. The summed E-state index contributed by atoms with van der Waals surface area (Å²) in [5.41, 5.74) is 9.43. The summed E-state index contributed by atoms with van der Waals surface area (Å²) in [4.78, 5) is 14.5. The minimum absolute atomic E-state index is 0.188. The maximum absolute atomic E-state index is 11.2. The van der Waals surface area contributed by atoms with E-state index < -0.39 is 0 Å². The summed E-state index contributed by atoms with van der Waals surface area (Å²) in [5.74, 6) is 0.677. The van der Waals surface area contributed by atoms with Crippen LogP contribution in [0.4, 0.5) is 0 Å². The van der Waals surface area contributed by atoms with Gasteiger partial charge in [0.05, 0.1) is 0 Å². The Morgan fingerprint density at radius 3 is 3.15 bits per heavy atom. The van der Waals surface area contributed by atoms with Crippen molar-refractivity contribution in [2.45, 2.75) is 31.2 Å². The van der Waals surface area contributed by atoms with Gasteiger partial charge in [0.2, 0.25) is 5.91 Å². The average molecular weight is 269 g/mol. The van der Waals surface area contributed by atoms with Crippen molar-refractivity contribution in [3.05, 3.63) is 35.5 Å². The highest BCUT2D eigenvalue weighted by Gasteiger charge is 2.36. The maximum Gasteiger partial charge on any atom is 0.217 e. The number of primary amides is 1. The number of nitrogens with two attached hydrogens (primary N) is 1. The van der Waals surface area contributed by atoms with E-state index in [2.05, 4.69) is 34.7 Å². The van der Waals surface area contributed by atoms with E-state index >= 15 is 0 Å². The van der Waals surface area contributed by atoms with E-state index in [0.717, 1.165) is 19.4 Å². The Labute approximate surface area is 117 Å². The second-order valence-electron chi connectivity index (χ2n) is 6.18. The molecule has 1 fully saturated rings. The van der Waals surface area contributed by atoms with E-state index in [-0.39, 0.29) is 5.91 Å². The smallest absolute Gasteiger partial charge is 0.217 e. The summed E-state index contributed by atoms with van der Waals surface area (Å²) in [5, 5.41) is 5.03. The fraction of sp³-hybridized carbons (Fsp3) is 0.438. The van der Waals surface area contributed by atoms with Gasteiger partial charge in [-0.2, -0.15) is 0 Å². The van der Waals surface area contributed by atoms with Crippen molar-refractivity contribution in [2.24, 2.45) is 11.7 Å². The Balaban J connectivity index is 1.73. The molecule has 1 saturated heterocycles. The van der Waals surface area contributed by atoms with Gasteiger partial charge in [-0.05, 0) is 42.5 Å². The molecule has 104 valence electrons. The van der Waals surface area contributed by atoms with Crippen molar-refractivity contribution in [2.75, 3.05) is 6.54 Å². The zero-order chi connectivity index (χ0) is 13.7. The molecule has 1 aliphatic carbocycles. The summed E-state index contributed by atoms with van der Waals surface area (Å²) >= 11 is 0. The van der Waals surface area contributed by atoms with Crippen LogP contribution in [0.2, 0.25) is 0 Å². The summed E-state index contributed by atoms with van der Waals surface area (Å²) in [6.45, 7) is 0.903. The van der Waals surface area contributed by atoms with Crippen LogP contribution in [0.5, 0.6) is 0 Å². The first kappa shape index (κ1) is 12.0. The van der Waals surface area contributed by atoms with E-state index in [1.165, 1.54) is 22.0 Å². The first-order valence-electron chi connectivity index (χ1n) is 7.33. The van der Waals surface area contributed by atoms with Gasteiger partial charge in [0, 0.05) is 35.5 Å². The number of hydrogen-bond acceptors (Lipinski definition) is 2. The molecule has 1 aromatic carbocycles. The van der Waals surface area contributed by atoms with Crippen LogP contribution >= 0.6 is 0 Å². The lowest BCUT2D eigenvalue weighted by Gasteiger charge is -2.40. The molecular formula is C16H19N3O. The molecule has 2 heterocycles. The van der Waals surface area contributed by atoms with Crippen LogP contribution in [0.3, 0.4) is 0 Å². The highest BCUT2D eigenvalue weighted by molar-refractivity contribution is 5.88. The van der Waals surface area contributed by atoms with E-state index in [4.69, 9.17) is 5.73 Å². The number of aromatic amines is 1. The van der Waals surface area contributed by atoms with Gasteiger partial charge in [-0.25, -0.2) is 0 Å². The van der Waals surface area contributed by atoms with Crippen molar-refractivity contribution < 1.29 is 4.79 Å². The lowest BCUT2D eigenvalue weighted by atomic mass is 9.73. The molecule has 1 aliphatic heterocycles. The monoisotopic (exact) mass is 269 g/mol. The highest BCUT2D eigenvalue weighted by atomic mass is 16.1. The lowest BCUT2D eigenvalue weighted by Crippen LogP contribution is -2.47. The number of fused-ring (bicyclic) bond motifs is 2. The number of piperidine rings is 1. The van der Waals surface area contributed by atoms with Gasteiger partial charge in [0.15, 0.2) is 0 Å². The van der Waals surface area contributed by atoms with Gasteiger partial charge in [-0.3, -0.25) is 4.79 Å². The number of nitrogens with one attached hydrogen (secondary N) is 2. The standard InChI is InChI=1S/C16H19N3O/c17-15(20)5-9-4-12-11-2-1-3-13-16(11)10(8-19-13)6-14(12)18-7-9/h1-3,8-9,12,14,18-19H,4-7H2,(H2,17,20)/t9-,12?,14-/m1/s1. The zero-order valence-electron chi connectivity index (χ0n) is 11.4. The first-order chi connectivity index (χ1) is 9.72. The highest BCUT2D eigenvalue weighted by Crippen LogP contribution is 2.42. The molecule has 20 heavy (non-hydrogen) atoms. The van der Waals surface area contributed by atoms with Crippen molar-refractivity contribution in [3.63, 3.8) is 0 Å². The molecule has 1 unspecified atom stereocenters. The molecule has 0 spiro atoms. The van der Waals surface area contributed by atoms with Crippen LogP contribution in [0.1, 0.15) is 29.9 Å². The number of benzene rings is 1. The van der Waals surface area contributed by atoms with E-state index in [0.29, 0.717) is 24.3 Å². The topological polar surface area (TPSA) is 70.9 Å². The first-order valence-corrected chi connectivity index (χ1v) is 7.33. The summed E-state index contributed by atoms with van der Waals surface area (Å²) in [6.07, 6.45) is 4.77. The predicted molar refractivity (Wildman–Crippen MR) is 78.5 cm³/mol. The number of rotatable bonds is 2. The molecule has 0 radical (unpaired) electrons. The summed E-state index contributed by atoms with van der Waals surface area (Å²) < 4.78 is 0. The Hall–Kier alpha value is -1.81. The van der Waals surface area contributed by atoms with Crippen molar-refractivity contribution in [1.29, 1.82) is 0 Å². The molecule has 3 atom stereocenters. The van der Waals surface area contributed by atoms with Crippen LogP contribution in [0.15, 0.2) is 24.4 Å². The van der Waals surface area contributed by atoms with E-state index in [9.17, 15) is 4.79 Å². The molecular weight excluding hydrogens is 250 g/mol. The number of amides is 1. The number of hydrogen-bond donors (Lipinski definition) is 3. The fourth-order valence-corrected chi connectivity index (χ4v) is 4.06. The number of carbonyl (C=O) groups is 1. The molecule has 0 saturated carbocycles. The molecule has 1 aromatic heterocycles. The van der Waals surface area contributed by atoms with Crippen molar-refractivity contribution in [1.82, 2.24) is 10.3 Å². The Morgan fingerprint density at radius 1 is 1.40 bits per heavy atom. The van der Waals surface area contributed by atoms with Gasteiger partial charge in [0.25, 0.3) is 0 Å². The Bertz CT molecular complexity index is 675. The largest absolute Gasteiger partial charge is 0.370 e. The molecule has 1 amide bonds. The van der Waals surface area contributed by atoms with Gasteiger partial charge in [-0.15, -0.1) is 0 Å². The summed E-state index contributed by atoms with van der Waals surface area (Å²) in [6, 6.07) is 7.00. The second kappa shape index (κ2) is 4.35. The number of carbonyl (C=O) groups excluding carboxylic acids is 1. The molecule has 4 rings (SSSR count). The quantitative estimate of drug-likeness (QED) is 0.776. The molecule has 2 aliphatic rings. The third-order valence-corrected chi connectivity index (χ3v) is 4.89. The molecule has 0 bridgehead atoms. The predicted octanol–water partition coefficient (Wildman–Crippen LogP) is 1.66. The van der Waals surface area contributed by atoms with Gasteiger partial charge in [-0.1, -0.05) is 12.1 Å². The second-order valence-corrected chi connectivity index (χ2v) is 6.18. The van der Waals surface area contributed by atoms with Gasteiger partial charge < -0.3 is 16.0 Å². The van der Waals surface area contributed by atoms with Crippen LogP contribution in [-0.4, -0.2) is 23.5 Å². The fourth-order valence-electron chi connectivity index (χ4n) is 4.06. The molecule has 4 heteroatoms. The van der Waals surface area contributed by atoms with Crippen LogP contribution in [-0.2, 0) is 11.2 Å². The van der Waals surface area contributed by atoms with E-state index in [1.807, 2.05) is 0 Å². The zero-order valence-corrected chi connectivity index (χ0v) is 11.4. The lowest BCUT2D eigenvalue weighted by molar-refractivity contribution is -0.119. The third kappa shape index (κ3) is 1.75. The van der Waals surface area contributed by atoms with Crippen molar-refractivity contribution >= 4 is 16.8 Å². The van der Waals surface area contributed by atoms with Crippen molar-refractivity contribution in [3.8, 4) is 0 Å². The summed E-state index contributed by atoms with van der Waals surface area (Å²) in [7, 11) is 0. The number of H-pyrrole nitrogens is 1. The molecule has 4 nitrogen and oxygen atoms in total. The van der Waals surface area contributed by atoms with Crippen LogP contribution in [0, 0.1) is 5.92 Å². The minimum atomic E-state index is -0.188. The normalized spacial score (nSPS) is 28.3. The third-order valence-electron chi connectivity index (χ3n) is 4.89. The average Bonchev–Trinajstić information content (AvgIpc) is 2.84.